The van der Waals surface area contributed by atoms with Crippen molar-refractivity contribution >= 4 is 15.9 Å². The van der Waals surface area contributed by atoms with Gasteiger partial charge >= 0.3 is 0 Å². The highest BCUT2D eigenvalue weighted by Crippen LogP contribution is 2.28. The van der Waals surface area contributed by atoms with Crippen LogP contribution >= 0.6 is 0 Å². The molecule has 9 heteroatoms. The van der Waals surface area contributed by atoms with Gasteiger partial charge in [0.2, 0.25) is 10.0 Å². The molecule has 8 nitrogen and oxygen atoms in total. The molecule has 1 saturated heterocycles. The van der Waals surface area contributed by atoms with Gasteiger partial charge in [0, 0.05) is 25.2 Å². The van der Waals surface area contributed by atoms with Crippen LogP contribution in [0.2, 0.25) is 0 Å². The zero-order chi connectivity index (χ0) is 20.6. The monoisotopic (exact) mass is 413 g/mol. The lowest BCUT2D eigenvalue weighted by molar-refractivity contribution is 0.0729. The van der Waals surface area contributed by atoms with Crippen molar-refractivity contribution in [1.29, 1.82) is 0 Å². The zero-order valence-corrected chi connectivity index (χ0v) is 17.8. The summed E-state index contributed by atoms with van der Waals surface area (Å²) in [7, 11) is -2.35. The van der Waals surface area contributed by atoms with E-state index in [9.17, 15) is 13.2 Å². The molecule has 1 aliphatic rings. The number of rotatable bonds is 10. The summed E-state index contributed by atoms with van der Waals surface area (Å²) < 4.78 is 37.8. The molecule has 1 aromatic rings. The largest absolute Gasteiger partial charge is 0.495 e. The molecule has 158 valence electrons. The number of carbonyl (C=O) groups excluding carboxylic acids is 1. The molecule has 1 aliphatic heterocycles. The van der Waals surface area contributed by atoms with Gasteiger partial charge in [-0.15, -0.1) is 0 Å². The number of hydrogen-bond donors (Lipinski definition) is 1. The van der Waals surface area contributed by atoms with Crippen molar-refractivity contribution in [2.45, 2.75) is 25.2 Å². The van der Waals surface area contributed by atoms with Gasteiger partial charge in [-0.05, 0) is 44.3 Å². The van der Waals surface area contributed by atoms with Crippen LogP contribution in [0.5, 0.6) is 5.75 Å². The van der Waals surface area contributed by atoms with Crippen molar-refractivity contribution in [3.63, 3.8) is 0 Å². The molecule has 0 saturated carbocycles. The summed E-state index contributed by atoms with van der Waals surface area (Å²) in [4.78, 5) is 14.8. The van der Waals surface area contributed by atoms with Crippen LogP contribution in [0.3, 0.4) is 0 Å². The molecule has 1 amide bonds. The van der Waals surface area contributed by atoms with Gasteiger partial charge in [0.1, 0.15) is 10.6 Å². The zero-order valence-electron chi connectivity index (χ0n) is 16.9. The number of sulfonamides is 1. The quantitative estimate of drug-likeness (QED) is 0.580. The lowest BCUT2D eigenvalue weighted by atomic mass is 10.2. The lowest BCUT2D eigenvalue weighted by Crippen LogP contribution is -2.40. The predicted molar refractivity (Wildman–Crippen MR) is 107 cm³/mol. The highest BCUT2D eigenvalue weighted by Gasteiger charge is 2.30. The molecular weight excluding hydrogens is 382 g/mol. The van der Waals surface area contributed by atoms with Crippen molar-refractivity contribution in [3.05, 3.63) is 23.8 Å². The van der Waals surface area contributed by atoms with E-state index in [-0.39, 0.29) is 29.6 Å². The van der Waals surface area contributed by atoms with Crippen LogP contribution in [0.15, 0.2) is 23.1 Å². The van der Waals surface area contributed by atoms with E-state index in [4.69, 9.17) is 9.47 Å². The second kappa shape index (κ2) is 10.8. The van der Waals surface area contributed by atoms with E-state index in [1.54, 1.807) is 6.07 Å². The topological polar surface area (TPSA) is 88.2 Å². The van der Waals surface area contributed by atoms with E-state index in [0.29, 0.717) is 25.3 Å². The summed E-state index contributed by atoms with van der Waals surface area (Å²) in [6.45, 7) is 8.89. The Morgan fingerprint density at radius 2 is 1.93 bits per heavy atom. The first kappa shape index (κ1) is 22.6. The molecule has 0 aliphatic carbocycles. The van der Waals surface area contributed by atoms with Gasteiger partial charge in [-0.25, -0.2) is 8.42 Å². The fraction of sp³-hybridized carbons (Fsp3) is 0.632. The third kappa shape index (κ3) is 5.66. The van der Waals surface area contributed by atoms with E-state index in [2.05, 4.69) is 24.1 Å². The Labute approximate surface area is 167 Å². The third-order valence-electron chi connectivity index (χ3n) is 4.84. The van der Waals surface area contributed by atoms with Crippen LogP contribution in [0, 0.1) is 0 Å². The molecule has 0 atom stereocenters. The second-order valence-corrected chi connectivity index (χ2v) is 8.42. The number of carbonyl (C=O) groups is 1. The number of ether oxygens (including phenoxy) is 2. The highest BCUT2D eigenvalue weighted by molar-refractivity contribution is 7.89. The Morgan fingerprint density at radius 3 is 2.54 bits per heavy atom. The molecule has 2 rings (SSSR count). The average molecular weight is 414 g/mol. The van der Waals surface area contributed by atoms with Crippen LogP contribution in [-0.4, -0.2) is 83.1 Å². The summed E-state index contributed by atoms with van der Waals surface area (Å²) >= 11 is 0. The number of benzene rings is 1. The van der Waals surface area contributed by atoms with E-state index < -0.39 is 10.0 Å². The lowest BCUT2D eigenvalue weighted by Gasteiger charge is -2.26. The summed E-state index contributed by atoms with van der Waals surface area (Å²) in [6.07, 6.45) is 0.836. The first-order chi connectivity index (χ1) is 13.4. The Hall–Kier alpha value is -1.68. The highest BCUT2D eigenvalue weighted by atomic mass is 32.2. The molecule has 0 unspecified atom stereocenters. The number of nitrogens with one attached hydrogen (secondary N) is 1. The minimum Gasteiger partial charge on any atom is -0.495 e. The SMILES string of the molecule is CCN(CC)CCCNC(=O)c1ccc(OC)c(S(=O)(=O)N2CCOCC2)c1. The van der Waals surface area contributed by atoms with Gasteiger partial charge in [-0.1, -0.05) is 13.8 Å². The summed E-state index contributed by atoms with van der Waals surface area (Å²) in [5, 5.41) is 2.86. The maximum atomic E-state index is 13.0. The van der Waals surface area contributed by atoms with Crippen LogP contribution in [-0.2, 0) is 14.8 Å². The molecule has 1 fully saturated rings. The number of hydrogen-bond acceptors (Lipinski definition) is 6. The molecule has 0 bridgehead atoms. The van der Waals surface area contributed by atoms with Crippen LogP contribution in [0.4, 0.5) is 0 Å². The van der Waals surface area contributed by atoms with Crippen LogP contribution in [0.25, 0.3) is 0 Å². The van der Waals surface area contributed by atoms with Gasteiger partial charge in [0.15, 0.2) is 0 Å². The predicted octanol–water partition coefficient (Wildman–Crippen LogP) is 1.18. The normalized spacial score (nSPS) is 15.6. The van der Waals surface area contributed by atoms with Gasteiger partial charge in [-0.3, -0.25) is 4.79 Å². The Kier molecular flexibility index (Phi) is 8.68. The molecule has 0 radical (unpaired) electrons. The molecule has 1 N–H and O–H groups in total. The maximum Gasteiger partial charge on any atom is 0.251 e. The Bertz CT molecular complexity index is 744. The number of morpholine rings is 1. The molecule has 28 heavy (non-hydrogen) atoms. The van der Waals surface area contributed by atoms with Gasteiger partial charge in [0.05, 0.1) is 20.3 Å². The molecule has 0 spiro atoms. The minimum absolute atomic E-state index is 0.00712. The smallest absolute Gasteiger partial charge is 0.251 e. The molecule has 1 aromatic carbocycles. The number of nitrogens with zero attached hydrogens (tertiary/aromatic N) is 2. The summed E-state index contributed by atoms with van der Waals surface area (Å²) in [5.41, 5.74) is 0.301. The van der Waals surface area contributed by atoms with Crippen molar-refractivity contribution in [3.8, 4) is 5.75 Å². The summed E-state index contributed by atoms with van der Waals surface area (Å²) in [5.74, 6) is -0.0646. The summed E-state index contributed by atoms with van der Waals surface area (Å²) in [6, 6.07) is 4.50. The van der Waals surface area contributed by atoms with Gasteiger partial charge < -0.3 is 19.7 Å². The molecule has 1 heterocycles. The van der Waals surface area contributed by atoms with Crippen molar-refractivity contribution in [2.24, 2.45) is 0 Å². The maximum absolute atomic E-state index is 13.0. The average Bonchev–Trinajstić information content (AvgIpc) is 2.73. The van der Waals surface area contributed by atoms with E-state index in [0.717, 1.165) is 26.1 Å². The van der Waals surface area contributed by atoms with Gasteiger partial charge in [0.25, 0.3) is 5.91 Å². The number of methoxy groups -OCH3 is 1. The first-order valence-corrected chi connectivity index (χ1v) is 11.1. The van der Waals surface area contributed by atoms with Crippen LogP contribution in [0.1, 0.15) is 30.6 Å². The fourth-order valence-corrected chi connectivity index (χ4v) is 4.68. The van der Waals surface area contributed by atoms with Crippen molar-refractivity contribution in [2.75, 3.05) is 59.6 Å². The van der Waals surface area contributed by atoms with Crippen molar-refractivity contribution < 1.29 is 22.7 Å². The van der Waals surface area contributed by atoms with Crippen LogP contribution < -0.4 is 10.1 Å². The van der Waals surface area contributed by atoms with E-state index in [1.807, 2.05) is 0 Å². The van der Waals surface area contributed by atoms with E-state index in [1.165, 1.54) is 23.5 Å². The first-order valence-electron chi connectivity index (χ1n) is 9.70. The number of amides is 1. The minimum atomic E-state index is -3.76. The van der Waals surface area contributed by atoms with Gasteiger partial charge in [-0.2, -0.15) is 4.31 Å². The fourth-order valence-electron chi connectivity index (χ4n) is 3.09. The standard InChI is InChI=1S/C19H31N3O5S/c1-4-21(5-2)10-6-9-20-19(23)16-7-8-17(26-3)18(15-16)28(24,25)22-11-13-27-14-12-22/h7-8,15H,4-6,9-14H2,1-3H3,(H,20,23). The molecular formula is C19H31N3O5S. The van der Waals surface area contributed by atoms with Crippen molar-refractivity contribution in [1.82, 2.24) is 14.5 Å². The molecule has 0 aromatic heterocycles. The Morgan fingerprint density at radius 1 is 1.25 bits per heavy atom. The third-order valence-corrected chi connectivity index (χ3v) is 6.76. The second-order valence-electron chi connectivity index (χ2n) is 6.52. The Balaban J connectivity index is 2.10. The van der Waals surface area contributed by atoms with E-state index >= 15 is 0 Å².